The molecule has 0 saturated heterocycles. The van der Waals surface area contributed by atoms with Crippen molar-refractivity contribution in [2.75, 3.05) is 0 Å². The average molecular weight is 531 g/mol. The second kappa shape index (κ2) is 12.7. The van der Waals surface area contributed by atoms with E-state index in [4.69, 9.17) is 9.98 Å². The van der Waals surface area contributed by atoms with Crippen molar-refractivity contribution < 1.29 is 10.2 Å². The van der Waals surface area contributed by atoms with E-state index in [1.165, 1.54) is 17.5 Å². The van der Waals surface area contributed by atoms with Gasteiger partial charge in [-0.05, 0) is 116 Å². The quantitative estimate of drug-likeness (QED) is 0.271. The van der Waals surface area contributed by atoms with E-state index < -0.39 is 0 Å². The average Bonchev–Trinajstić information content (AvgIpc) is 3.48. The Labute approximate surface area is 236 Å². The molecule has 0 aliphatic heterocycles. The molecule has 39 heavy (non-hydrogen) atoms. The number of aliphatic imine (C=N–C) groups is 2. The van der Waals surface area contributed by atoms with Crippen LogP contribution in [0.1, 0.15) is 113 Å². The maximum Gasteiger partial charge on any atom is 0.127 e. The molecule has 0 spiro atoms. The van der Waals surface area contributed by atoms with Crippen molar-refractivity contribution in [2.45, 2.75) is 117 Å². The van der Waals surface area contributed by atoms with Crippen LogP contribution in [0.3, 0.4) is 0 Å². The molecule has 0 radical (unpaired) electrons. The van der Waals surface area contributed by atoms with Gasteiger partial charge in [-0.25, -0.2) is 0 Å². The Balaban J connectivity index is 1.60. The van der Waals surface area contributed by atoms with E-state index in [-0.39, 0.29) is 11.6 Å². The van der Waals surface area contributed by atoms with Crippen molar-refractivity contribution in [1.82, 2.24) is 0 Å². The highest BCUT2D eigenvalue weighted by atomic mass is 16.3. The Morgan fingerprint density at radius 3 is 1.87 bits per heavy atom. The largest absolute Gasteiger partial charge is 0.507 e. The SMILES string of the molecule is CCc1cc(CCC(C)C)cc(C=NC2CC3CCC2(N=Cc2cc(CCC(C)C)cc(CC)c2O)C3)c1O. The Bertz CT molecular complexity index is 1200. The predicted molar refractivity (Wildman–Crippen MR) is 165 cm³/mol. The lowest BCUT2D eigenvalue weighted by Gasteiger charge is -2.28. The molecule has 0 heterocycles. The molecule has 2 aromatic carbocycles. The van der Waals surface area contributed by atoms with E-state index in [9.17, 15) is 10.2 Å². The van der Waals surface area contributed by atoms with E-state index in [0.717, 1.165) is 80.0 Å². The molecule has 4 heteroatoms. The van der Waals surface area contributed by atoms with Gasteiger partial charge in [0.25, 0.3) is 0 Å². The second-order valence-corrected chi connectivity index (χ2v) is 13.0. The van der Waals surface area contributed by atoms with Crippen LogP contribution in [0.5, 0.6) is 11.5 Å². The highest BCUT2D eigenvalue weighted by Crippen LogP contribution is 2.51. The summed E-state index contributed by atoms with van der Waals surface area (Å²) < 4.78 is 0. The van der Waals surface area contributed by atoms with Crippen LogP contribution in [-0.2, 0) is 25.7 Å². The van der Waals surface area contributed by atoms with Crippen molar-refractivity contribution >= 4 is 12.4 Å². The molecule has 2 saturated carbocycles. The standard InChI is InChI=1S/C35H50N2O2/c1-7-28-15-25(11-9-23(3)4)17-30(33(28)38)21-36-32-19-27-13-14-35(32,20-27)37-22-31-18-26(12-10-24(5)6)16-29(8-2)34(31)39/h15-18,21-24,27,32,38-39H,7-14,19-20H2,1-6H3. The topological polar surface area (TPSA) is 65.2 Å². The zero-order chi connectivity index (χ0) is 28.2. The summed E-state index contributed by atoms with van der Waals surface area (Å²) in [6.07, 6.45) is 14.1. The highest BCUT2D eigenvalue weighted by molar-refractivity contribution is 5.86. The summed E-state index contributed by atoms with van der Waals surface area (Å²) in [6, 6.07) is 8.67. The fourth-order valence-corrected chi connectivity index (χ4v) is 6.48. The van der Waals surface area contributed by atoms with Crippen LogP contribution in [0.15, 0.2) is 34.3 Å². The van der Waals surface area contributed by atoms with Gasteiger partial charge in [-0.15, -0.1) is 0 Å². The van der Waals surface area contributed by atoms with Crippen LogP contribution >= 0.6 is 0 Å². The molecule has 2 aromatic rings. The Morgan fingerprint density at radius 1 is 0.846 bits per heavy atom. The summed E-state index contributed by atoms with van der Waals surface area (Å²) >= 11 is 0. The highest BCUT2D eigenvalue weighted by Gasteiger charge is 2.52. The van der Waals surface area contributed by atoms with Crippen LogP contribution in [0.2, 0.25) is 0 Å². The molecule has 2 aliphatic carbocycles. The van der Waals surface area contributed by atoms with Crippen molar-refractivity contribution in [3.8, 4) is 11.5 Å². The van der Waals surface area contributed by atoms with Crippen LogP contribution in [-0.4, -0.2) is 34.2 Å². The van der Waals surface area contributed by atoms with Gasteiger partial charge in [0.1, 0.15) is 11.5 Å². The number of aromatic hydroxyl groups is 2. The Kier molecular flexibility index (Phi) is 9.56. The summed E-state index contributed by atoms with van der Waals surface area (Å²) in [5.41, 5.74) is 6.01. The third-order valence-electron chi connectivity index (χ3n) is 9.00. The number of phenolic OH excluding ortho intramolecular Hbond substituents is 2. The van der Waals surface area contributed by atoms with Gasteiger partial charge in [0.05, 0.1) is 11.6 Å². The lowest BCUT2D eigenvalue weighted by Crippen LogP contribution is -2.34. The summed E-state index contributed by atoms with van der Waals surface area (Å²) in [5.74, 6) is 2.69. The van der Waals surface area contributed by atoms with Gasteiger partial charge in [-0.1, -0.05) is 53.7 Å². The first-order chi connectivity index (χ1) is 18.6. The number of rotatable bonds is 12. The summed E-state index contributed by atoms with van der Waals surface area (Å²) in [7, 11) is 0. The van der Waals surface area contributed by atoms with E-state index >= 15 is 0 Å². The minimum atomic E-state index is -0.216. The lowest BCUT2D eigenvalue weighted by atomic mass is 9.89. The zero-order valence-corrected chi connectivity index (χ0v) is 25.1. The number of fused-ring (bicyclic) bond motifs is 2. The molecule has 2 bridgehead atoms. The van der Waals surface area contributed by atoms with Crippen molar-refractivity contribution in [3.63, 3.8) is 0 Å². The van der Waals surface area contributed by atoms with Gasteiger partial charge in [0.15, 0.2) is 0 Å². The van der Waals surface area contributed by atoms with E-state index in [2.05, 4.69) is 65.8 Å². The first-order valence-electron chi connectivity index (χ1n) is 15.4. The number of nitrogens with zero attached hydrogens (tertiary/aromatic N) is 2. The van der Waals surface area contributed by atoms with Gasteiger partial charge >= 0.3 is 0 Å². The van der Waals surface area contributed by atoms with E-state index in [1.54, 1.807) is 0 Å². The lowest BCUT2D eigenvalue weighted by molar-refractivity contribution is 0.367. The first-order valence-corrected chi connectivity index (χ1v) is 15.4. The fraction of sp³-hybridized carbons (Fsp3) is 0.600. The van der Waals surface area contributed by atoms with Crippen LogP contribution in [0, 0.1) is 17.8 Å². The molecule has 4 nitrogen and oxygen atoms in total. The summed E-state index contributed by atoms with van der Waals surface area (Å²) in [4.78, 5) is 10.3. The van der Waals surface area contributed by atoms with Gasteiger partial charge in [-0.3, -0.25) is 9.98 Å². The first kappa shape index (κ1) is 29.4. The van der Waals surface area contributed by atoms with Gasteiger partial charge in [-0.2, -0.15) is 0 Å². The van der Waals surface area contributed by atoms with E-state index in [1.807, 2.05) is 12.4 Å². The van der Waals surface area contributed by atoms with Gasteiger partial charge in [0, 0.05) is 23.6 Å². The molecule has 4 rings (SSSR count). The third-order valence-corrected chi connectivity index (χ3v) is 9.00. The molecular weight excluding hydrogens is 480 g/mol. The van der Waals surface area contributed by atoms with Gasteiger partial charge < -0.3 is 10.2 Å². The smallest absolute Gasteiger partial charge is 0.127 e. The molecule has 3 atom stereocenters. The summed E-state index contributed by atoms with van der Waals surface area (Å²) in [6.45, 7) is 13.2. The second-order valence-electron chi connectivity index (χ2n) is 13.0. The third kappa shape index (κ3) is 6.94. The molecule has 3 unspecified atom stereocenters. The number of aryl methyl sites for hydroxylation is 4. The normalized spacial score (nSPS) is 22.9. The molecule has 0 amide bonds. The van der Waals surface area contributed by atoms with Crippen molar-refractivity contribution in [1.29, 1.82) is 0 Å². The predicted octanol–water partition coefficient (Wildman–Crippen LogP) is 8.25. The van der Waals surface area contributed by atoms with Crippen molar-refractivity contribution in [3.05, 3.63) is 57.6 Å². The molecule has 2 fully saturated rings. The molecule has 2 aliphatic rings. The fourth-order valence-electron chi connectivity index (χ4n) is 6.48. The Hall–Kier alpha value is -2.62. The summed E-state index contributed by atoms with van der Waals surface area (Å²) in [5, 5.41) is 21.9. The number of hydrogen-bond donors (Lipinski definition) is 2. The number of benzene rings is 2. The minimum absolute atomic E-state index is 0.105. The Morgan fingerprint density at radius 2 is 1.38 bits per heavy atom. The van der Waals surface area contributed by atoms with E-state index in [0.29, 0.717) is 29.3 Å². The zero-order valence-electron chi connectivity index (χ0n) is 25.1. The molecule has 212 valence electrons. The maximum atomic E-state index is 11.0. The van der Waals surface area contributed by atoms with Crippen LogP contribution in [0.25, 0.3) is 0 Å². The van der Waals surface area contributed by atoms with Crippen molar-refractivity contribution in [2.24, 2.45) is 27.7 Å². The van der Waals surface area contributed by atoms with Crippen LogP contribution in [0.4, 0.5) is 0 Å². The minimum Gasteiger partial charge on any atom is -0.507 e. The van der Waals surface area contributed by atoms with Crippen LogP contribution < -0.4 is 0 Å². The number of hydrogen-bond acceptors (Lipinski definition) is 4. The van der Waals surface area contributed by atoms with Gasteiger partial charge in [0.2, 0.25) is 0 Å². The molecular formula is C35H50N2O2. The maximum absolute atomic E-state index is 11.0. The monoisotopic (exact) mass is 530 g/mol. The molecule has 0 aromatic heterocycles. The number of phenols is 2. The molecule has 2 N–H and O–H groups in total.